The van der Waals surface area contributed by atoms with Gasteiger partial charge < -0.3 is 14.2 Å². The molecule has 0 saturated heterocycles. The van der Waals surface area contributed by atoms with Gasteiger partial charge in [-0.3, -0.25) is 9.59 Å². The second-order valence-corrected chi connectivity index (χ2v) is 5.19. The molecule has 0 aromatic carbocycles. The van der Waals surface area contributed by atoms with Crippen molar-refractivity contribution in [2.75, 3.05) is 21.3 Å². The van der Waals surface area contributed by atoms with Crippen LogP contribution in [0.25, 0.3) is 0 Å². The van der Waals surface area contributed by atoms with Crippen LogP contribution >= 0.6 is 0 Å². The monoisotopic (exact) mass is 272 g/mol. The van der Waals surface area contributed by atoms with Gasteiger partial charge in [-0.05, 0) is 25.7 Å². The summed E-state index contributed by atoms with van der Waals surface area (Å²) in [4.78, 5) is 24.6. The number of ether oxygens (including phenoxy) is 3. The maximum Gasteiger partial charge on any atom is 0.323 e. The fourth-order valence-electron chi connectivity index (χ4n) is 3.07. The second kappa shape index (κ2) is 6.89. The Morgan fingerprint density at radius 3 is 1.95 bits per heavy atom. The molecule has 1 fully saturated rings. The molecule has 1 aliphatic rings. The molecule has 0 heterocycles. The lowest BCUT2D eigenvalue weighted by atomic mass is 9.70. The molecule has 0 amide bonds. The van der Waals surface area contributed by atoms with E-state index in [0.29, 0.717) is 6.42 Å². The Morgan fingerprint density at radius 1 is 1.11 bits per heavy atom. The molecule has 0 aliphatic heterocycles. The molecular weight excluding hydrogens is 248 g/mol. The summed E-state index contributed by atoms with van der Waals surface area (Å²) in [5, 5.41) is 0. The summed E-state index contributed by atoms with van der Waals surface area (Å²) in [6.07, 6.45) is 3.84. The predicted molar refractivity (Wildman–Crippen MR) is 69.5 cm³/mol. The van der Waals surface area contributed by atoms with E-state index in [1.807, 2.05) is 6.92 Å². The molecule has 0 spiro atoms. The lowest BCUT2D eigenvalue weighted by Crippen LogP contribution is -2.48. The van der Waals surface area contributed by atoms with Gasteiger partial charge in [0.15, 0.2) is 5.41 Å². The third-order valence-corrected chi connectivity index (χ3v) is 4.16. The molecular formula is C14H24O5. The van der Waals surface area contributed by atoms with Crippen molar-refractivity contribution in [3.05, 3.63) is 0 Å². The molecule has 1 unspecified atom stereocenters. The molecule has 19 heavy (non-hydrogen) atoms. The highest BCUT2D eigenvalue weighted by atomic mass is 16.5. The van der Waals surface area contributed by atoms with Gasteiger partial charge in [-0.2, -0.15) is 0 Å². The van der Waals surface area contributed by atoms with Gasteiger partial charge in [0.2, 0.25) is 0 Å². The Kier molecular flexibility index (Phi) is 5.79. The third kappa shape index (κ3) is 3.08. The van der Waals surface area contributed by atoms with E-state index in [1.54, 1.807) is 7.11 Å². The average molecular weight is 272 g/mol. The Morgan fingerprint density at radius 2 is 1.58 bits per heavy atom. The summed E-state index contributed by atoms with van der Waals surface area (Å²) >= 11 is 0. The number of hydrogen-bond acceptors (Lipinski definition) is 5. The van der Waals surface area contributed by atoms with Crippen LogP contribution in [-0.2, 0) is 23.8 Å². The average Bonchev–Trinajstić information content (AvgIpc) is 2.97. The van der Waals surface area contributed by atoms with Crippen LogP contribution in [0.1, 0.15) is 39.0 Å². The van der Waals surface area contributed by atoms with Crippen molar-refractivity contribution < 1.29 is 23.8 Å². The smallest absolute Gasteiger partial charge is 0.323 e. The number of esters is 2. The number of carbonyl (C=O) groups excluding carboxylic acids is 2. The SMILES string of the molecule is COC(=O)C(CC(C)OC)(C(=O)OC)C1CCCC1. The standard InChI is InChI=1S/C14H24O5/c1-10(17-2)9-14(12(15)18-3,13(16)19-4)11-7-5-6-8-11/h10-11H,5-9H2,1-4H3. The Hall–Kier alpha value is -1.10. The van der Waals surface area contributed by atoms with E-state index >= 15 is 0 Å². The summed E-state index contributed by atoms with van der Waals surface area (Å²) in [6.45, 7) is 1.84. The van der Waals surface area contributed by atoms with Crippen LogP contribution in [0.15, 0.2) is 0 Å². The summed E-state index contributed by atoms with van der Waals surface area (Å²) < 4.78 is 15.0. The minimum Gasteiger partial charge on any atom is -0.468 e. The van der Waals surface area contributed by atoms with Gasteiger partial charge in [-0.1, -0.05) is 12.8 Å². The maximum atomic E-state index is 12.3. The molecule has 1 aliphatic carbocycles. The van der Waals surface area contributed by atoms with Gasteiger partial charge in [0.05, 0.1) is 20.3 Å². The lowest BCUT2D eigenvalue weighted by Gasteiger charge is -2.35. The van der Waals surface area contributed by atoms with E-state index in [4.69, 9.17) is 14.2 Å². The van der Waals surface area contributed by atoms with E-state index in [2.05, 4.69) is 0 Å². The van der Waals surface area contributed by atoms with Gasteiger partial charge >= 0.3 is 11.9 Å². The number of carbonyl (C=O) groups is 2. The summed E-state index contributed by atoms with van der Waals surface area (Å²) in [5.74, 6) is -1.03. The Balaban J connectivity index is 3.14. The molecule has 0 N–H and O–H groups in total. The van der Waals surface area contributed by atoms with E-state index in [1.165, 1.54) is 14.2 Å². The van der Waals surface area contributed by atoms with Crippen molar-refractivity contribution in [2.24, 2.45) is 11.3 Å². The highest BCUT2D eigenvalue weighted by Gasteiger charge is 2.55. The molecule has 110 valence electrons. The molecule has 0 bridgehead atoms. The van der Waals surface area contributed by atoms with Crippen molar-refractivity contribution in [2.45, 2.75) is 45.1 Å². The molecule has 0 aromatic rings. The predicted octanol–water partition coefficient (Wildman–Crippen LogP) is 1.93. The molecule has 0 radical (unpaired) electrons. The first-order valence-corrected chi connectivity index (χ1v) is 6.72. The molecule has 1 rings (SSSR count). The third-order valence-electron chi connectivity index (χ3n) is 4.16. The largest absolute Gasteiger partial charge is 0.468 e. The quantitative estimate of drug-likeness (QED) is 0.546. The topological polar surface area (TPSA) is 61.8 Å². The van der Waals surface area contributed by atoms with Gasteiger partial charge in [-0.15, -0.1) is 0 Å². The van der Waals surface area contributed by atoms with Crippen LogP contribution in [-0.4, -0.2) is 39.4 Å². The van der Waals surface area contributed by atoms with Crippen LogP contribution in [0.3, 0.4) is 0 Å². The molecule has 0 aromatic heterocycles. The van der Waals surface area contributed by atoms with Crippen LogP contribution < -0.4 is 0 Å². The van der Waals surface area contributed by atoms with Gasteiger partial charge in [0, 0.05) is 13.5 Å². The lowest BCUT2D eigenvalue weighted by molar-refractivity contribution is -0.177. The number of methoxy groups -OCH3 is 3. The van der Waals surface area contributed by atoms with Crippen LogP contribution in [0.5, 0.6) is 0 Å². The Bertz CT molecular complexity index is 304. The fourth-order valence-corrected chi connectivity index (χ4v) is 3.07. The minimum absolute atomic E-state index is 0.0231. The summed E-state index contributed by atoms with van der Waals surface area (Å²) in [5.41, 5.74) is -1.23. The first kappa shape index (κ1) is 16.0. The van der Waals surface area contributed by atoms with E-state index in [-0.39, 0.29) is 12.0 Å². The van der Waals surface area contributed by atoms with Crippen molar-refractivity contribution in [3.8, 4) is 0 Å². The fraction of sp³-hybridized carbons (Fsp3) is 0.857. The number of rotatable bonds is 6. The zero-order chi connectivity index (χ0) is 14.5. The van der Waals surface area contributed by atoms with E-state index in [0.717, 1.165) is 25.7 Å². The zero-order valence-electron chi connectivity index (χ0n) is 12.2. The molecule has 1 saturated carbocycles. The van der Waals surface area contributed by atoms with Crippen LogP contribution in [0.2, 0.25) is 0 Å². The number of hydrogen-bond donors (Lipinski definition) is 0. The van der Waals surface area contributed by atoms with Crippen molar-refractivity contribution in [3.63, 3.8) is 0 Å². The Labute approximate surface area is 114 Å². The highest BCUT2D eigenvalue weighted by molar-refractivity contribution is 6.00. The van der Waals surface area contributed by atoms with Crippen molar-refractivity contribution >= 4 is 11.9 Å². The highest BCUT2D eigenvalue weighted by Crippen LogP contribution is 2.45. The van der Waals surface area contributed by atoms with Crippen molar-refractivity contribution in [1.29, 1.82) is 0 Å². The van der Waals surface area contributed by atoms with E-state index < -0.39 is 17.4 Å². The minimum atomic E-state index is -1.23. The molecule has 5 nitrogen and oxygen atoms in total. The van der Waals surface area contributed by atoms with Gasteiger partial charge in [-0.25, -0.2) is 0 Å². The van der Waals surface area contributed by atoms with Crippen LogP contribution in [0, 0.1) is 11.3 Å². The first-order valence-electron chi connectivity index (χ1n) is 6.72. The van der Waals surface area contributed by atoms with Gasteiger partial charge in [0.1, 0.15) is 0 Å². The normalized spacial score (nSPS) is 18.1. The maximum absolute atomic E-state index is 12.3. The van der Waals surface area contributed by atoms with Gasteiger partial charge in [0.25, 0.3) is 0 Å². The van der Waals surface area contributed by atoms with Crippen LogP contribution in [0.4, 0.5) is 0 Å². The zero-order valence-corrected chi connectivity index (χ0v) is 12.2. The second-order valence-electron chi connectivity index (χ2n) is 5.19. The van der Waals surface area contributed by atoms with E-state index in [9.17, 15) is 9.59 Å². The first-order chi connectivity index (χ1) is 9.02. The summed E-state index contributed by atoms with van der Waals surface area (Å²) in [7, 11) is 4.19. The molecule has 1 atom stereocenters. The van der Waals surface area contributed by atoms with Crippen molar-refractivity contribution in [1.82, 2.24) is 0 Å². The molecule has 5 heteroatoms. The summed E-state index contributed by atoms with van der Waals surface area (Å²) in [6, 6.07) is 0.